The summed E-state index contributed by atoms with van der Waals surface area (Å²) in [5.74, 6) is 0.237. The number of dihydropyridines is 1. The van der Waals surface area contributed by atoms with E-state index in [0.29, 0.717) is 6.54 Å². The summed E-state index contributed by atoms with van der Waals surface area (Å²) in [6.07, 6.45) is 9.81. The van der Waals surface area contributed by atoms with E-state index in [9.17, 15) is 0 Å². The molecule has 7 heteroatoms. The first-order chi connectivity index (χ1) is 18.2. The molecule has 1 aliphatic carbocycles. The predicted molar refractivity (Wildman–Crippen MR) is 146 cm³/mol. The highest BCUT2D eigenvalue weighted by Crippen LogP contribution is 2.35. The molecular formula is C30H35N5O2. The molecule has 192 valence electrons. The molecule has 2 aliphatic heterocycles. The molecule has 0 amide bonds. The topological polar surface area (TPSA) is 63.6 Å². The summed E-state index contributed by atoms with van der Waals surface area (Å²) in [7, 11) is 3.46. The molecule has 0 spiro atoms. The van der Waals surface area contributed by atoms with Crippen LogP contribution in [0.3, 0.4) is 0 Å². The number of hydrogen-bond donors (Lipinski definition) is 2. The SMILES string of the molecule is COc1ccc(Cn2nc(C3=CNC(OC)(N4CCNCC4)C=C3)cc2-c2cccc3c2CCC3)cc1. The number of hydrogen-bond acceptors (Lipinski definition) is 6. The molecule has 2 N–H and O–H groups in total. The van der Waals surface area contributed by atoms with Crippen molar-refractivity contribution in [2.75, 3.05) is 40.4 Å². The van der Waals surface area contributed by atoms with Crippen LogP contribution in [0.1, 0.15) is 28.8 Å². The number of aryl methyl sites for hydroxylation is 1. The van der Waals surface area contributed by atoms with Gasteiger partial charge in [0.05, 0.1) is 25.0 Å². The minimum atomic E-state index is -0.625. The molecule has 3 aromatic rings. The lowest BCUT2D eigenvalue weighted by atomic mass is 9.99. The number of piperazine rings is 1. The van der Waals surface area contributed by atoms with Gasteiger partial charge < -0.3 is 20.1 Å². The van der Waals surface area contributed by atoms with Crippen molar-refractivity contribution in [1.82, 2.24) is 25.3 Å². The number of methoxy groups -OCH3 is 2. The summed E-state index contributed by atoms with van der Waals surface area (Å²) < 4.78 is 13.5. The quantitative estimate of drug-likeness (QED) is 0.518. The summed E-state index contributed by atoms with van der Waals surface area (Å²) in [4.78, 5) is 2.33. The van der Waals surface area contributed by atoms with Crippen LogP contribution in [0.15, 0.2) is 66.9 Å². The fourth-order valence-corrected chi connectivity index (χ4v) is 5.75. The highest BCUT2D eigenvalue weighted by molar-refractivity contribution is 5.77. The van der Waals surface area contributed by atoms with Gasteiger partial charge in [-0.3, -0.25) is 9.58 Å². The van der Waals surface area contributed by atoms with Crippen LogP contribution >= 0.6 is 0 Å². The second-order valence-electron chi connectivity index (χ2n) is 9.93. The van der Waals surface area contributed by atoms with Crippen LogP contribution in [0, 0.1) is 0 Å². The number of nitrogens with zero attached hydrogens (tertiary/aromatic N) is 3. The molecule has 1 atom stereocenters. The Kier molecular flexibility index (Phi) is 6.59. The van der Waals surface area contributed by atoms with Crippen molar-refractivity contribution >= 4 is 5.57 Å². The number of aromatic nitrogens is 2. The lowest BCUT2D eigenvalue weighted by Crippen LogP contribution is -2.62. The van der Waals surface area contributed by atoms with Gasteiger partial charge in [0.1, 0.15) is 5.75 Å². The van der Waals surface area contributed by atoms with E-state index in [0.717, 1.165) is 61.7 Å². The summed E-state index contributed by atoms with van der Waals surface area (Å²) in [5.41, 5.74) is 8.57. The smallest absolute Gasteiger partial charge is 0.218 e. The van der Waals surface area contributed by atoms with Gasteiger partial charge in [-0.05, 0) is 66.3 Å². The van der Waals surface area contributed by atoms with E-state index >= 15 is 0 Å². The maximum atomic E-state index is 5.97. The first-order valence-electron chi connectivity index (χ1n) is 13.2. The van der Waals surface area contributed by atoms with Gasteiger partial charge in [-0.25, -0.2) is 0 Å². The van der Waals surface area contributed by atoms with Gasteiger partial charge in [-0.15, -0.1) is 0 Å². The molecule has 3 aliphatic rings. The van der Waals surface area contributed by atoms with Crippen LogP contribution in [0.2, 0.25) is 0 Å². The van der Waals surface area contributed by atoms with Crippen molar-refractivity contribution in [2.45, 2.75) is 31.7 Å². The molecule has 1 fully saturated rings. The van der Waals surface area contributed by atoms with Crippen LogP contribution in [0.4, 0.5) is 0 Å². The molecule has 0 saturated carbocycles. The Labute approximate surface area is 218 Å². The molecule has 0 bridgehead atoms. The van der Waals surface area contributed by atoms with Crippen molar-refractivity contribution in [3.05, 3.63) is 89.3 Å². The van der Waals surface area contributed by atoms with Gasteiger partial charge in [0.15, 0.2) is 0 Å². The fraction of sp³-hybridized carbons (Fsp3) is 0.367. The number of benzene rings is 2. The third-order valence-electron chi connectivity index (χ3n) is 7.81. The molecule has 1 aromatic heterocycles. The van der Waals surface area contributed by atoms with E-state index in [1.165, 1.54) is 28.7 Å². The average Bonchev–Trinajstić information content (AvgIpc) is 3.61. The highest BCUT2D eigenvalue weighted by atomic mass is 16.5. The minimum absolute atomic E-state index is 0.625. The first-order valence-corrected chi connectivity index (χ1v) is 13.2. The Morgan fingerprint density at radius 2 is 1.86 bits per heavy atom. The van der Waals surface area contributed by atoms with Crippen LogP contribution < -0.4 is 15.4 Å². The number of allylic oxidation sites excluding steroid dienone is 2. The first kappa shape index (κ1) is 24.0. The normalized spacial score (nSPS) is 21.4. The zero-order valence-electron chi connectivity index (χ0n) is 21.7. The van der Waals surface area contributed by atoms with E-state index in [4.69, 9.17) is 14.6 Å². The Morgan fingerprint density at radius 3 is 2.59 bits per heavy atom. The fourth-order valence-electron chi connectivity index (χ4n) is 5.75. The van der Waals surface area contributed by atoms with Crippen LogP contribution in [-0.2, 0) is 24.1 Å². The highest BCUT2D eigenvalue weighted by Gasteiger charge is 2.36. The Bertz CT molecular complexity index is 1320. The van der Waals surface area contributed by atoms with Crippen molar-refractivity contribution in [3.8, 4) is 17.0 Å². The second-order valence-corrected chi connectivity index (χ2v) is 9.93. The lowest BCUT2D eigenvalue weighted by Gasteiger charge is -2.44. The standard InChI is InChI=1S/C30H35N5O2/c1-36-25-11-9-22(10-12-25)21-35-29(27-8-4-6-23-5-3-7-26(23)27)19-28(33-35)24-13-14-30(37-2,32-20-24)34-17-15-31-16-18-34/h4,6,8-14,19-20,31-32H,3,5,7,15-18,21H2,1-2H3. The van der Waals surface area contributed by atoms with Crippen molar-refractivity contribution in [2.24, 2.45) is 0 Å². The molecule has 1 unspecified atom stereocenters. The summed E-state index contributed by atoms with van der Waals surface area (Å²) in [6, 6.07) is 17.2. The minimum Gasteiger partial charge on any atom is -0.497 e. The molecule has 0 radical (unpaired) electrons. The van der Waals surface area contributed by atoms with E-state index < -0.39 is 5.85 Å². The van der Waals surface area contributed by atoms with E-state index in [-0.39, 0.29) is 0 Å². The third-order valence-corrected chi connectivity index (χ3v) is 7.81. The molecule has 1 saturated heterocycles. The van der Waals surface area contributed by atoms with Gasteiger partial charge in [0.25, 0.3) is 0 Å². The van der Waals surface area contributed by atoms with Crippen molar-refractivity contribution in [3.63, 3.8) is 0 Å². The van der Waals surface area contributed by atoms with Gasteiger partial charge in [-0.1, -0.05) is 30.3 Å². The van der Waals surface area contributed by atoms with E-state index in [1.807, 2.05) is 18.3 Å². The Balaban J connectivity index is 1.35. The van der Waals surface area contributed by atoms with Gasteiger partial charge in [-0.2, -0.15) is 5.10 Å². The van der Waals surface area contributed by atoms with Crippen LogP contribution in [0.25, 0.3) is 16.8 Å². The van der Waals surface area contributed by atoms with Crippen molar-refractivity contribution in [1.29, 1.82) is 0 Å². The van der Waals surface area contributed by atoms with Crippen LogP contribution in [-0.4, -0.2) is 60.9 Å². The lowest BCUT2D eigenvalue weighted by molar-refractivity contribution is -0.119. The Morgan fingerprint density at radius 1 is 1.03 bits per heavy atom. The number of rotatable bonds is 7. The summed E-state index contributed by atoms with van der Waals surface area (Å²) in [6.45, 7) is 4.45. The predicted octanol–water partition coefficient (Wildman–Crippen LogP) is 3.80. The van der Waals surface area contributed by atoms with E-state index in [1.54, 1.807) is 14.2 Å². The van der Waals surface area contributed by atoms with Crippen LogP contribution in [0.5, 0.6) is 5.75 Å². The van der Waals surface area contributed by atoms with Gasteiger partial charge in [0, 0.05) is 50.6 Å². The zero-order chi connectivity index (χ0) is 25.2. The number of ether oxygens (including phenoxy) is 2. The monoisotopic (exact) mass is 497 g/mol. The maximum absolute atomic E-state index is 5.97. The molecule has 6 rings (SSSR count). The molecular weight excluding hydrogens is 462 g/mol. The largest absolute Gasteiger partial charge is 0.497 e. The second kappa shape index (κ2) is 10.2. The van der Waals surface area contributed by atoms with E-state index in [2.05, 4.69) is 68.8 Å². The molecule has 7 nitrogen and oxygen atoms in total. The van der Waals surface area contributed by atoms with Gasteiger partial charge >= 0.3 is 0 Å². The Hall–Kier alpha value is -3.39. The number of fused-ring (bicyclic) bond motifs is 1. The third kappa shape index (κ3) is 4.59. The maximum Gasteiger partial charge on any atom is 0.218 e. The number of nitrogens with one attached hydrogen (secondary N) is 2. The van der Waals surface area contributed by atoms with Crippen molar-refractivity contribution < 1.29 is 9.47 Å². The molecule has 37 heavy (non-hydrogen) atoms. The molecule has 3 heterocycles. The summed E-state index contributed by atoms with van der Waals surface area (Å²) in [5, 5.41) is 12.1. The zero-order valence-corrected chi connectivity index (χ0v) is 21.7. The van der Waals surface area contributed by atoms with Gasteiger partial charge in [0.2, 0.25) is 5.85 Å². The average molecular weight is 498 g/mol. The molecule has 2 aromatic carbocycles. The summed E-state index contributed by atoms with van der Waals surface area (Å²) >= 11 is 0.